The lowest BCUT2D eigenvalue weighted by Crippen LogP contribution is -2.02. The van der Waals surface area contributed by atoms with Crippen molar-refractivity contribution in [2.75, 3.05) is 0 Å². The van der Waals surface area contributed by atoms with Gasteiger partial charge in [0.2, 0.25) is 0 Å². The van der Waals surface area contributed by atoms with Gasteiger partial charge in [0.1, 0.15) is 10.8 Å². The fourth-order valence-corrected chi connectivity index (χ4v) is 4.12. The molecule has 0 atom stereocenters. The fourth-order valence-electron chi connectivity index (χ4n) is 3.30. The van der Waals surface area contributed by atoms with Crippen LogP contribution < -0.4 is 4.74 Å². The van der Waals surface area contributed by atoms with Gasteiger partial charge >= 0.3 is 12.6 Å². The summed E-state index contributed by atoms with van der Waals surface area (Å²) in [5.41, 5.74) is 1.94. The Kier molecular flexibility index (Phi) is 6.09. The van der Waals surface area contributed by atoms with Gasteiger partial charge in [0.15, 0.2) is 0 Å². The van der Waals surface area contributed by atoms with Gasteiger partial charge in [-0.05, 0) is 36.4 Å². The molecule has 0 radical (unpaired) electrons. The van der Waals surface area contributed by atoms with Crippen molar-refractivity contribution in [1.29, 1.82) is 0 Å². The third-order valence-corrected chi connectivity index (χ3v) is 5.66. The average molecular weight is 468 g/mol. The maximum absolute atomic E-state index is 12.3. The second-order valence-electron chi connectivity index (χ2n) is 6.78. The molecule has 0 fully saturated rings. The number of nitro groups is 1. The van der Waals surface area contributed by atoms with Crippen molar-refractivity contribution in [2.45, 2.75) is 6.61 Å². The summed E-state index contributed by atoms with van der Waals surface area (Å²) in [6.45, 7) is -2.91. The summed E-state index contributed by atoms with van der Waals surface area (Å²) in [5.74, 6) is -1.20. The Labute approximate surface area is 189 Å². The number of ether oxygens (including phenoxy) is 1. The Hall–Kier alpha value is -4.18. The van der Waals surface area contributed by atoms with E-state index < -0.39 is 17.5 Å². The number of carbonyl (C=O) groups is 1. The van der Waals surface area contributed by atoms with Crippen LogP contribution in [0.3, 0.4) is 0 Å². The van der Waals surface area contributed by atoms with Gasteiger partial charge in [-0.25, -0.2) is 9.78 Å². The maximum atomic E-state index is 12.3. The first-order valence-corrected chi connectivity index (χ1v) is 10.3. The number of alkyl halides is 2. The summed E-state index contributed by atoms with van der Waals surface area (Å²) in [7, 11) is 0. The van der Waals surface area contributed by atoms with E-state index in [1.54, 1.807) is 29.6 Å². The minimum atomic E-state index is -2.91. The molecule has 33 heavy (non-hydrogen) atoms. The highest BCUT2D eigenvalue weighted by Gasteiger charge is 2.21. The molecule has 0 aliphatic heterocycles. The van der Waals surface area contributed by atoms with E-state index in [1.807, 2.05) is 0 Å². The van der Waals surface area contributed by atoms with Gasteiger partial charge in [-0.1, -0.05) is 24.3 Å². The van der Waals surface area contributed by atoms with Gasteiger partial charge in [-0.3, -0.25) is 10.1 Å². The third kappa shape index (κ3) is 4.70. The predicted octanol–water partition coefficient (Wildman–Crippen LogP) is 6.35. The van der Waals surface area contributed by atoms with E-state index >= 15 is 0 Å². The van der Waals surface area contributed by atoms with Gasteiger partial charge in [-0.15, -0.1) is 11.3 Å². The number of thiazole rings is 1. The number of aromatic carboxylic acids is 1. The van der Waals surface area contributed by atoms with Gasteiger partial charge in [-0.2, -0.15) is 8.78 Å². The number of hydrogen-bond acceptors (Lipinski definition) is 6. The van der Waals surface area contributed by atoms with Crippen LogP contribution in [0, 0.1) is 10.1 Å². The molecule has 0 spiro atoms. The zero-order valence-electron chi connectivity index (χ0n) is 16.6. The monoisotopic (exact) mass is 468 g/mol. The van der Waals surface area contributed by atoms with Crippen molar-refractivity contribution in [3.63, 3.8) is 0 Å². The molecule has 4 rings (SSSR count). The van der Waals surface area contributed by atoms with Gasteiger partial charge < -0.3 is 9.84 Å². The van der Waals surface area contributed by atoms with E-state index in [2.05, 4.69) is 9.72 Å². The molecule has 7 nitrogen and oxygen atoms in total. The smallest absolute Gasteiger partial charge is 0.387 e. The van der Waals surface area contributed by atoms with Crippen LogP contribution in [0.25, 0.3) is 33.0 Å². The van der Waals surface area contributed by atoms with E-state index in [0.717, 1.165) is 0 Å². The summed E-state index contributed by atoms with van der Waals surface area (Å²) in [6, 6.07) is 16.5. The van der Waals surface area contributed by atoms with E-state index in [-0.39, 0.29) is 28.1 Å². The number of nitrogens with zero attached hydrogens (tertiary/aromatic N) is 2. The number of para-hydroxylation sites is 1. The highest BCUT2D eigenvalue weighted by atomic mass is 32.1. The van der Waals surface area contributed by atoms with Crippen molar-refractivity contribution in [3.8, 4) is 38.7 Å². The zero-order valence-corrected chi connectivity index (χ0v) is 17.5. The van der Waals surface area contributed by atoms with Crippen molar-refractivity contribution in [1.82, 2.24) is 4.98 Å². The second-order valence-corrected chi connectivity index (χ2v) is 7.64. The molecule has 0 saturated carbocycles. The Morgan fingerprint density at radius 1 is 1.03 bits per heavy atom. The van der Waals surface area contributed by atoms with E-state index in [9.17, 15) is 28.8 Å². The first-order chi connectivity index (χ1) is 15.8. The number of benzene rings is 3. The first-order valence-electron chi connectivity index (χ1n) is 9.46. The Balaban J connectivity index is 1.69. The molecule has 10 heteroatoms. The lowest BCUT2D eigenvalue weighted by molar-refractivity contribution is -0.384. The highest BCUT2D eigenvalue weighted by molar-refractivity contribution is 7.13. The Morgan fingerprint density at radius 3 is 2.39 bits per heavy atom. The van der Waals surface area contributed by atoms with Crippen LogP contribution >= 0.6 is 11.3 Å². The molecule has 0 unspecified atom stereocenters. The van der Waals surface area contributed by atoms with Crippen LogP contribution in [0.15, 0.2) is 72.1 Å². The van der Waals surface area contributed by atoms with E-state index in [1.165, 1.54) is 53.8 Å². The molecule has 4 aromatic rings. The van der Waals surface area contributed by atoms with Gasteiger partial charge in [0, 0.05) is 28.1 Å². The molecule has 0 aliphatic rings. The van der Waals surface area contributed by atoms with Crippen LogP contribution in [0.4, 0.5) is 14.5 Å². The van der Waals surface area contributed by atoms with Gasteiger partial charge in [0.05, 0.1) is 21.7 Å². The molecule has 1 N–H and O–H groups in total. The molecule has 0 saturated heterocycles. The number of carboxylic acid groups (broad SMARTS) is 1. The second kappa shape index (κ2) is 9.13. The minimum Gasteiger partial charge on any atom is -0.478 e. The largest absolute Gasteiger partial charge is 0.478 e. The minimum absolute atomic E-state index is 0.0286. The number of rotatable bonds is 7. The molecule has 0 amide bonds. The van der Waals surface area contributed by atoms with Crippen LogP contribution in [-0.4, -0.2) is 27.6 Å². The van der Waals surface area contributed by atoms with Crippen molar-refractivity contribution in [2.24, 2.45) is 0 Å². The topological polar surface area (TPSA) is 103 Å². The summed E-state index contributed by atoms with van der Waals surface area (Å²) in [5, 5.41) is 23.4. The molecule has 3 aromatic carbocycles. The van der Waals surface area contributed by atoms with Crippen molar-refractivity contribution < 1.29 is 28.3 Å². The highest BCUT2D eigenvalue weighted by Crippen LogP contribution is 2.36. The van der Waals surface area contributed by atoms with Crippen LogP contribution in [-0.2, 0) is 0 Å². The number of aromatic nitrogens is 1. The van der Waals surface area contributed by atoms with Crippen molar-refractivity contribution >= 4 is 23.0 Å². The standard InChI is InChI=1S/C23H14F2N2O5S/c24-23(25)32-15-8-5-13(6-9-15)19-12-33-21(26-19)14-7-10-16(18(11-14)22(28)29)17-3-1-2-4-20(17)27(30)31/h1-12,23H,(H,28,29). The summed E-state index contributed by atoms with van der Waals surface area (Å²) < 4.78 is 29.0. The molecule has 166 valence electrons. The normalized spacial score (nSPS) is 10.9. The summed E-state index contributed by atoms with van der Waals surface area (Å²) >= 11 is 1.28. The third-order valence-electron chi connectivity index (χ3n) is 4.77. The van der Waals surface area contributed by atoms with Crippen molar-refractivity contribution in [3.05, 3.63) is 87.8 Å². The number of hydrogen-bond donors (Lipinski definition) is 1. The van der Waals surface area contributed by atoms with Gasteiger partial charge in [0.25, 0.3) is 5.69 Å². The SMILES string of the molecule is O=C(O)c1cc(-c2nc(-c3ccc(OC(F)F)cc3)cs2)ccc1-c1ccccc1[N+](=O)[O-]. The number of carboxylic acids is 1. The lowest BCUT2D eigenvalue weighted by Gasteiger charge is -2.09. The first kappa shape index (κ1) is 22.0. The van der Waals surface area contributed by atoms with E-state index in [4.69, 9.17) is 0 Å². The fraction of sp³-hybridized carbons (Fsp3) is 0.0435. The maximum Gasteiger partial charge on any atom is 0.387 e. The summed E-state index contributed by atoms with van der Waals surface area (Å²) in [4.78, 5) is 27.3. The average Bonchev–Trinajstić information content (AvgIpc) is 3.29. The van der Waals surface area contributed by atoms with E-state index in [0.29, 0.717) is 21.8 Å². The number of halogens is 2. The molecular weight excluding hydrogens is 454 g/mol. The molecule has 0 bridgehead atoms. The molecule has 1 aromatic heterocycles. The van der Waals surface area contributed by atoms with Crippen LogP contribution in [0.2, 0.25) is 0 Å². The lowest BCUT2D eigenvalue weighted by atomic mass is 9.96. The number of nitro benzene ring substituents is 1. The summed E-state index contributed by atoms with van der Waals surface area (Å²) in [6.07, 6.45) is 0. The van der Waals surface area contributed by atoms with Crippen LogP contribution in [0.5, 0.6) is 5.75 Å². The zero-order chi connectivity index (χ0) is 23.5. The van der Waals surface area contributed by atoms with Crippen LogP contribution in [0.1, 0.15) is 10.4 Å². The Morgan fingerprint density at radius 2 is 1.73 bits per heavy atom. The molecular formula is C23H14F2N2O5S. The predicted molar refractivity (Wildman–Crippen MR) is 119 cm³/mol. The Bertz CT molecular complexity index is 1340. The molecule has 0 aliphatic carbocycles. The molecule has 1 heterocycles. The quantitative estimate of drug-likeness (QED) is 0.250.